The van der Waals surface area contributed by atoms with Crippen molar-refractivity contribution >= 4 is 70.1 Å². The minimum absolute atomic E-state index is 0.0697. The van der Waals surface area contributed by atoms with Crippen LogP contribution in [0.25, 0.3) is 11.1 Å². The number of nitrogens with two attached hydrogens (primary N) is 2. The minimum Gasteiger partial charge on any atom is -0.508 e. The molecule has 5 amide bonds. The fourth-order valence-electron chi connectivity index (χ4n) is 13.5. The van der Waals surface area contributed by atoms with Crippen LogP contribution in [0.15, 0.2) is 78.9 Å². The zero-order valence-electron chi connectivity index (χ0n) is 56.7. The van der Waals surface area contributed by atoms with Gasteiger partial charge in [0.05, 0.1) is 46.7 Å². The molecular weight excluding hydrogens is 1390 g/mol. The summed E-state index contributed by atoms with van der Waals surface area (Å²) in [7, 11) is 1.50. The number of rotatable bonds is 15. The fourth-order valence-corrected chi connectivity index (χ4v) is 13.9. The molecule has 0 aliphatic carbocycles. The van der Waals surface area contributed by atoms with Crippen LogP contribution >= 0.6 is 23.2 Å². The zero-order valence-corrected chi connectivity index (χ0v) is 58.2. The predicted molar refractivity (Wildman–Crippen MR) is 364 cm³/mol. The molecule has 32 heteroatoms. The summed E-state index contributed by atoms with van der Waals surface area (Å²) in [6, 6.07) is 5.99. The van der Waals surface area contributed by atoms with E-state index >= 15 is 19.2 Å². The number of carbonyl (C=O) groups is 8. The quantitative estimate of drug-likeness (QED) is 0.0714. The second kappa shape index (κ2) is 31.8. The third kappa shape index (κ3) is 16.7. The minimum atomic E-state index is -2.17. The molecule has 0 radical (unpaired) electrons. The molecule has 7 aliphatic rings. The van der Waals surface area contributed by atoms with Crippen LogP contribution in [-0.4, -0.2) is 179 Å². The van der Waals surface area contributed by atoms with Gasteiger partial charge < -0.3 is 112 Å². The van der Waals surface area contributed by atoms with E-state index in [-0.39, 0.29) is 92.1 Å². The van der Waals surface area contributed by atoms with E-state index in [0.717, 1.165) is 36.4 Å². The standard InChI is InChI=1S/C71H83Cl2N7O23/c1-7-8-43(84)56-38-23-35(82)24-44(85)54(38)37-16-30(9-12-42(37)83)36-25-46(87)55-33-20-49(99-47-13-10-31(17-39(47)72)59(89)57(79-68(96)41(76-6)15-28(2)3)45(86)19-34(22-52(74)88)66(94)77-55)63(50(21-33)100-48-14-11-32(18-40(48)73)60(90)58(69(97)78-56)80-67(36)95)103-70-64(62(92)61(91)51(27-81)101-70)102-53-26-71(5,75)65(93)29(4)98-53/h9-14,16-18,20-21,23-24,28-29,34,36,41,51,53,55-62,64-65,70,76,81-83,85,89-93H,7-8,15,19,22,25-27,75H2,1-6H3,(H2,74,88)(H,77,94)(H,78,97)(H,79,96)(H,80,95)/t29-,34-,36+,41+,51+,53-,55+,56-,57?,58-,59+,60+,61+,62-,64+,65+,70-,71-/m0/s1. The number of ketones is 3. The van der Waals surface area contributed by atoms with Crippen molar-refractivity contribution in [2.45, 2.75) is 183 Å². The van der Waals surface area contributed by atoms with Crippen LogP contribution in [0.5, 0.6) is 46.0 Å². The van der Waals surface area contributed by atoms with E-state index in [2.05, 4.69) is 26.6 Å². The molecule has 1 unspecified atom stereocenters. The molecule has 2 saturated heterocycles. The molecule has 103 heavy (non-hydrogen) atoms. The molecule has 11 bridgehead atoms. The average molecular weight is 1470 g/mol. The molecule has 5 aromatic rings. The molecule has 0 spiro atoms. The van der Waals surface area contributed by atoms with E-state index in [9.17, 15) is 65.1 Å². The van der Waals surface area contributed by atoms with E-state index < -0.39 is 216 Å². The van der Waals surface area contributed by atoms with Crippen molar-refractivity contribution in [3.63, 3.8) is 0 Å². The van der Waals surface area contributed by atoms with E-state index in [1.54, 1.807) is 6.92 Å². The van der Waals surface area contributed by atoms with Gasteiger partial charge in [-0.2, -0.15) is 0 Å². The smallest absolute Gasteiger partial charge is 0.246 e. The number of aliphatic hydroxyl groups excluding tert-OH is 6. The van der Waals surface area contributed by atoms with Crippen molar-refractivity contribution in [2.75, 3.05) is 13.7 Å². The SMILES string of the molecule is CCCC(=O)[C@H]1NC(=O)[C@H]2NC(=O)[C@H](CC(=O)[C@@H]3NC(=O)[C@H](CC(N)=O)CC(=O)C(NC(=O)[C@@H](CC(C)C)NC)[C@H](O)c4ccc(c(Cl)c4)Oc4cc3cc(c4O[C@@H]3O[C@H](CO)[C@@H](O)[C@H](O)[C@H]3O[C@H]3C[C@](C)(N)[C@H](O)[C@H](C)O3)Oc3ccc(cc3Cl)[C@H]2O)c2ccc(O)c(c2)-c2c(O)cc(O)cc21. The number of benzene rings is 5. The Kier molecular flexibility index (Phi) is 23.8. The van der Waals surface area contributed by atoms with Gasteiger partial charge in [0.25, 0.3) is 0 Å². The van der Waals surface area contributed by atoms with Gasteiger partial charge in [-0.15, -0.1) is 0 Å². The molecule has 12 rings (SSSR count). The summed E-state index contributed by atoms with van der Waals surface area (Å²) < 4.78 is 38.6. The van der Waals surface area contributed by atoms with Crippen LogP contribution in [-0.2, 0) is 52.6 Å². The van der Waals surface area contributed by atoms with Crippen LogP contribution < -0.4 is 52.3 Å². The number of carbonyl (C=O) groups excluding carboxylic acids is 8. The van der Waals surface area contributed by atoms with Crippen LogP contribution in [0.2, 0.25) is 10.0 Å². The summed E-state index contributed by atoms with van der Waals surface area (Å²) in [5.41, 5.74) is 9.28. The normalized spacial score (nSPS) is 29.3. The highest BCUT2D eigenvalue weighted by atomic mass is 35.5. The number of Topliss-reactive ketones (excluding diaryl/α,β-unsaturated/α-hetero) is 3. The lowest BCUT2D eigenvalue weighted by Crippen LogP contribution is -2.64. The lowest BCUT2D eigenvalue weighted by atomic mass is 9.84. The third-order valence-corrected chi connectivity index (χ3v) is 19.5. The Balaban J connectivity index is 1.24. The average Bonchev–Trinajstić information content (AvgIpc) is 0.772. The molecule has 30 nitrogen and oxygen atoms in total. The van der Waals surface area contributed by atoms with Gasteiger partial charge in [0, 0.05) is 54.8 Å². The van der Waals surface area contributed by atoms with Gasteiger partial charge in [0.2, 0.25) is 41.6 Å². The van der Waals surface area contributed by atoms with Crippen molar-refractivity contribution in [3.8, 4) is 57.1 Å². The van der Waals surface area contributed by atoms with Crippen molar-refractivity contribution in [1.29, 1.82) is 0 Å². The van der Waals surface area contributed by atoms with Gasteiger partial charge in [-0.3, -0.25) is 38.4 Å². The summed E-state index contributed by atoms with van der Waals surface area (Å²) in [6.07, 6.45) is -20.0. The molecule has 0 aromatic heterocycles. The number of hydrogen-bond donors (Lipinski definition) is 16. The Labute approximate surface area is 600 Å². The van der Waals surface area contributed by atoms with E-state index in [1.165, 1.54) is 63.4 Å². The largest absolute Gasteiger partial charge is 0.508 e. The number of halogens is 2. The van der Waals surface area contributed by atoms with Crippen molar-refractivity contribution < 1.29 is 113 Å². The number of phenols is 3. The molecule has 18 atom stereocenters. The second-order valence-electron chi connectivity index (χ2n) is 27.2. The zero-order chi connectivity index (χ0) is 75.0. The first kappa shape index (κ1) is 77.0. The maximum atomic E-state index is 16.2. The number of likely N-dealkylation sites (N-methyl/N-ethyl adjacent to an activating group) is 1. The molecule has 0 saturated carbocycles. The fraction of sp³-hybridized carbons (Fsp3) is 0.465. The monoisotopic (exact) mass is 1470 g/mol. The van der Waals surface area contributed by atoms with Gasteiger partial charge >= 0.3 is 0 Å². The summed E-state index contributed by atoms with van der Waals surface area (Å²) in [6.45, 7) is 7.43. The lowest BCUT2D eigenvalue weighted by Gasteiger charge is -2.47. The topological polar surface area (TPSA) is 486 Å². The first-order valence-electron chi connectivity index (χ1n) is 33.4. The van der Waals surface area contributed by atoms with E-state index in [0.29, 0.717) is 0 Å². The van der Waals surface area contributed by atoms with Gasteiger partial charge in [0.15, 0.2) is 41.2 Å². The predicted octanol–water partition coefficient (Wildman–Crippen LogP) is 3.37. The first-order chi connectivity index (χ1) is 48.7. The molecule has 5 aromatic carbocycles. The Morgan fingerprint density at radius 3 is 1.98 bits per heavy atom. The van der Waals surface area contributed by atoms with Gasteiger partial charge in [-0.05, 0) is 122 Å². The number of ether oxygens (including phenoxy) is 6. The highest BCUT2D eigenvalue weighted by Crippen LogP contribution is 2.50. The Morgan fingerprint density at radius 2 is 1.39 bits per heavy atom. The molecule has 554 valence electrons. The van der Waals surface area contributed by atoms with Crippen LogP contribution in [0.3, 0.4) is 0 Å². The second-order valence-corrected chi connectivity index (χ2v) is 28.0. The summed E-state index contributed by atoms with van der Waals surface area (Å²) in [5, 5.41) is 117. The Hall–Kier alpha value is -8.60. The third-order valence-electron chi connectivity index (χ3n) is 18.9. The van der Waals surface area contributed by atoms with E-state index in [4.69, 9.17) is 63.1 Å². The number of hydrogen-bond acceptors (Lipinski definition) is 25. The van der Waals surface area contributed by atoms with Crippen LogP contribution in [0.4, 0.5) is 0 Å². The van der Waals surface area contributed by atoms with Crippen molar-refractivity contribution in [2.24, 2.45) is 23.3 Å². The molecule has 18 N–H and O–H groups in total. The number of fused-ring (bicyclic) bond motifs is 15. The first-order valence-corrected chi connectivity index (χ1v) is 34.2. The van der Waals surface area contributed by atoms with Gasteiger partial charge in [0.1, 0.15) is 83.4 Å². The summed E-state index contributed by atoms with van der Waals surface area (Å²) >= 11 is 14.2. The number of nitrogens with one attached hydrogen (secondary N) is 5. The molecule has 7 heterocycles. The number of aliphatic hydroxyl groups is 6. The van der Waals surface area contributed by atoms with Gasteiger partial charge in [-0.25, -0.2) is 0 Å². The number of amides is 5. The number of phenolic OH excluding ortho intramolecular Hbond substituents is 3. The maximum absolute atomic E-state index is 16.2. The van der Waals surface area contributed by atoms with Crippen molar-refractivity contribution in [3.05, 3.63) is 117 Å². The summed E-state index contributed by atoms with van der Waals surface area (Å²) in [5.74, 6) is -16.5. The maximum Gasteiger partial charge on any atom is 0.246 e. The Bertz CT molecular complexity index is 4110. The molecule has 2 fully saturated rings. The summed E-state index contributed by atoms with van der Waals surface area (Å²) in [4.78, 5) is 119. The highest BCUT2D eigenvalue weighted by Gasteiger charge is 2.52. The molecular formula is C71H83Cl2N7O23. The van der Waals surface area contributed by atoms with E-state index in [1.807, 2.05) is 13.8 Å². The number of aromatic hydroxyl groups is 3. The van der Waals surface area contributed by atoms with Crippen LogP contribution in [0, 0.1) is 11.8 Å². The van der Waals surface area contributed by atoms with Gasteiger partial charge in [-0.1, -0.05) is 62.2 Å². The Morgan fingerprint density at radius 1 is 0.748 bits per heavy atom. The van der Waals surface area contributed by atoms with Crippen LogP contribution in [0.1, 0.15) is 138 Å². The van der Waals surface area contributed by atoms with Crippen molar-refractivity contribution in [1.82, 2.24) is 26.6 Å². The molecule has 7 aliphatic heterocycles. The highest BCUT2D eigenvalue weighted by molar-refractivity contribution is 6.32. The number of primary amides is 1. The lowest BCUT2D eigenvalue weighted by molar-refractivity contribution is -0.333.